The predicted octanol–water partition coefficient (Wildman–Crippen LogP) is 3.43. The molecule has 96 valence electrons. The minimum Gasteiger partial charge on any atom is -0.308 e. The van der Waals surface area contributed by atoms with Crippen molar-refractivity contribution in [2.75, 3.05) is 6.26 Å². The van der Waals surface area contributed by atoms with Crippen LogP contribution in [0.5, 0.6) is 0 Å². The average Bonchev–Trinajstić information content (AvgIpc) is 2.85. The maximum atomic E-state index is 4.24. The van der Waals surface area contributed by atoms with Gasteiger partial charge in [0.05, 0.1) is 0 Å². The van der Waals surface area contributed by atoms with E-state index in [0.717, 1.165) is 22.1 Å². The molecule has 0 saturated carbocycles. The quantitative estimate of drug-likeness (QED) is 0.851. The Labute approximate surface area is 116 Å². The van der Waals surface area contributed by atoms with Crippen molar-refractivity contribution in [1.82, 2.24) is 15.5 Å². The molecule has 0 aliphatic carbocycles. The second-order valence-corrected chi connectivity index (χ2v) is 6.21. The van der Waals surface area contributed by atoms with Crippen LogP contribution in [0.3, 0.4) is 0 Å². The van der Waals surface area contributed by atoms with Crippen LogP contribution in [0.2, 0.25) is 0 Å². The van der Waals surface area contributed by atoms with Crippen molar-refractivity contribution in [2.24, 2.45) is 0 Å². The SMILES string of the molecule is CSc1ccc(-c2nnc(CNC(C)C)s2)cc1. The lowest BCUT2D eigenvalue weighted by molar-refractivity contribution is 0.585. The number of aromatic nitrogens is 2. The fourth-order valence-corrected chi connectivity index (χ4v) is 2.67. The summed E-state index contributed by atoms with van der Waals surface area (Å²) in [5.41, 5.74) is 1.14. The largest absolute Gasteiger partial charge is 0.308 e. The van der Waals surface area contributed by atoms with Gasteiger partial charge in [-0.15, -0.1) is 22.0 Å². The summed E-state index contributed by atoms with van der Waals surface area (Å²) in [5, 5.41) is 13.8. The molecule has 1 aromatic carbocycles. The highest BCUT2D eigenvalue weighted by Gasteiger charge is 2.06. The van der Waals surface area contributed by atoms with Crippen LogP contribution in [0.25, 0.3) is 10.6 Å². The van der Waals surface area contributed by atoms with Gasteiger partial charge in [-0.05, 0) is 18.4 Å². The smallest absolute Gasteiger partial charge is 0.147 e. The highest BCUT2D eigenvalue weighted by Crippen LogP contribution is 2.25. The summed E-state index contributed by atoms with van der Waals surface area (Å²) in [7, 11) is 0. The first-order valence-corrected chi connectivity index (χ1v) is 7.93. The molecule has 0 radical (unpaired) electrons. The molecule has 2 rings (SSSR count). The van der Waals surface area contributed by atoms with Crippen LogP contribution in [0.1, 0.15) is 18.9 Å². The van der Waals surface area contributed by atoms with Crippen molar-refractivity contribution in [3.05, 3.63) is 29.3 Å². The fourth-order valence-electron chi connectivity index (χ4n) is 1.47. The average molecular weight is 279 g/mol. The Hall–Kier alpha value is -0.910. The molecule has 0 saturated heterocycles. The minimum absolute atomic E-state index is 0.471. The van der Waals surface area contributed by atoms with E-state index in [-0.39, 0.29) is 0 Å². The van der Waals surface area contributed by atoms with E-state index < -0.39 is 0 Å². The lowest BCUT2D eigenvalue weighted by atomic mass is 10.2. The molecule has 3 nitrogen and oxygen atoms in total. The molecule has 1 aromatic heterocycles. The topological polar surface area (TPSA) is 37.8 Å². The first kappa shape index (κ1) is 13.5. The number of thioether (sulfide) groups is 1. The summed E-state index contributed by atoms with van der Waals surface area (Å²) in [6.45, 7) is 5.05. The predicted molar refractivity (Wildman–Crippen MR) is 79.1 cm³/mol. The molecule has 0 amide bonds. The summed E-state index contributed by atoms with van der Waals surface area (Å²) in [6, 6.07) is 8.91. The van der Waals surface area contributed by atoms with Gasteiger partial charge in [0.15, 0.2) is 0 Å². The van der Waals surface area contributed by atoms with E-state index in [1.807, 2.05) is 0 Å². The molecule has 2 aromatic rings. The Kier molecular flexibility index (Phi) is 4.74. The molecule has 0 aliphatic rings. The highest BCUT2D eigenvalue weighted by atomic mass is 32.2. The van der Waals surface area contributed by atoms with Gasteiger partial charge < -0.3 is 5.32 Å². The van der Waals surface area contributed by atoms with E-state index in [2.05, 4.69) is 59.9 Å². The molecule has 1 heterocycles. The zero-order chi connectivity index (χ0) is 13.0. The van der Waals surface area contributed by atoms with Gasteiger partial charge >= 0.3 is 0 Å². The fraction of sp³-hybridized carbons (Fsp3) is 0.385. The Bertz CT molecular complexity index is 491. The Balaban J connectivity index is 2.08. The summed E-state index contributed by atoms with van der Waals surface area (Å²) in [5.74, 6) is 0. The number of hydrogen-bond donors (Lipinski definition) is 1. The third-order valence-electron chi connectivity index (χ3n) is 2.47. The van der Waals surface area contributed by atoms with Gasteiger partial charge in [0.2, 0.25) is 0 Å². The van der Waals surface area contributed by atoms with Gasteiger partial charge in [-0.1, -0.05) is 37.3 Å². The molecule has 0 aliphatic heterocycles. The van der Waals surface area contributed by atoms with Crippen molar-refractivity contribution in [3.63, 3.8) is 0 Å². The lowest BCUT2D eigenvalue weighted by Gasteiger charge is -2.03. The van der Waals surface area contributed by atoms with E-state index in [1.54, 1.807) is 23.1 Å². The van der Waals surface area contributed by atoms with Gasteiger partial charge in [0.25, 0.3) is 0 Å². The van der Waals surface area contributed by atoms with Gasteiger partial charge in [-0.2, -0.15) is 0 Å². The number of benzene rings is 1. The molecular formula is C13H17N3S2. The third kappa shape index (κ3) is 3.54. The van der Waals surface area contributed by atoms with Crippen molar-refractivity contribution in [2.45, 2.75) is 31.3 Å². The van der Waals surface area contributed by atoms with Crippen LogP contribution in [-0.2, 0) is 6.54 Å². The van der Waals surface area contributed by atoms with Crippen LogP contribution in [0.15, 0.2) is 29.2 Å². The third-order valence-corrected chi connectivity index (χ3v) is 4.18. The highest BCUT2D eigenvalue weighted by molar-refractivity contribution is 7.98. The van der Waals surface area contributed by atoms with Crippen molar-refractivity contribution in [3.8, 4) is 10.6 Å². The Morgan fingerprint density at radius 2 is 1.94 bits per heavy atom. The van der Waals surface area contributed by atoms with Crippen LogP contribution in [0.4, 0.5) is 0 Å². The standard InChI is InChI=1S/C13H17N3S2/c1-9(2)14-8-12-15-16-13(18-12)10-4-6-11(17-3)7-5-10/h4-7,9,14H,8H2,1-3H3. The molecule has 0 bridgehead atoms. The normalized spacial score (nSPS) is 11.1. The second-order valence-electron chi connectivity index (χ2n) is 4.27. The maximum absolute atomic E-state index is 4.24. The molecule has 0 atom stereocenters. The van der Waals surface area contributed by atoms with E-state index in [9.17, 15) is 0 Å². The Morgan fingerprint density at radius 1 is 1.22 bits per heavy atom. The van der Waals surface area contributed by atoms with E-state index in [0.29, 0.717) is 6.04 Å². The summed E-state index contributed by atoms with van der Waals surface area (Å²) in [4.78, 5) is 1.27. The van der Waals surface area contributed by atoms with Crippen LogP contribution >= 0.6 is 23.1 Å². The lowest BCUT2D eigenvalue weighted by Crippen LogP contribution is -2.21. The van der Waals surface area contributed by atoms with E-state index in [4.69, 9.17) is 0 Å². The molecule has 0 fully saturated rings. The number of nitrogens with zero attached hydrogens (tertiary/aromatic N) is 2. The number of nitrogens with one attached hydrogen (secondary N) is 1. The van der Waals surface area contributed by atoms with E-state index >= 15 is 0 Å². The van der Waals surface area contributed by atoms with Gasteiger partial charge in [-0.25, -0.2) is 0 Å². The van der Waals surface area contributed by atoms with Crippen molar-refractivity contribution in [1.29, 1.82) is 0 Å². The van der Waals surface area contributed by atoms with Crippen LogP contribution in [0, 0.1) is 0 Å². The molecule has 1 N–H and O–H groups in total. The van der Waals surface area contributed by atoms with E-state index in [1.165, 1.54) is 4.90 Å². The zero-order valence-corrected chi connectivity index (χ0v) is 12.4. The maximum Gasteiger partial charge on any atom is 0.147 e. The monoisotopic (exact) mass is 279 g/mol. The van der Waals surface area contributed by atoms with Gasteiger partial charge in [0.1, 0.15) is 10.0 Å². The Morgan fingerprint density at radius 3 is 2.56 bits per heavy atom. The minimum atomic E-state index is 0.471. The van der Waals surface area contributed by atoms with Gasteiger partial charge in [0, 0.05) is 23.0 Å². The summed E-state index contributed by atoms with van der Waals surface area (Å²) in [6.07, 6.45) is 2.08. The molecule has 0 spiro atoms. The number of hydrogen-bond acceptors (Lipinski definition) is 5. The summed E-state index contributed by atoms with van der Waals surface area (Å²) >= 11 is 3.40. The first-order valence-electron chi connectivity index (χ1n) is 5.89. The second kappa shape index (κ2) is 6.31. The van der Waals surface area contributed by atoms with Crippen molar-refractivity contribution >= 4 is 23.1 Å². The molecule has 5 heteroatoms. The van der Waals surface area contributed by atoms with Gasteiger partial charge in [-0.3, -0.25) is 0 Å². The summed E-state index contributed by atoms with van der Waals surface area (Å²) < 4.78 is 0. The molecule has 0 unspecified atom stereocenters. The zero-order valence-electron chi connectivity index (χ0n) is 10.8. The van der Waals surface area contributed by atoms with Crippen LogP contribution < -0.4 is 5.32 Å². The molecule has 18 heavy (non-hydrogen) atoms. The first-order chi connectivity index (χ1) is 8.69. The number of rotatable bonds is 5. The van der Waals surface area contributed by atoms with Crippen LogP contribution in [-0.4, -0.2) is 22.5 Å². The molecular weight excluding hydrogens is 262 g/mol. The van der Waals surface area contributed by atoms with Crippen molar-refractivity contribution < 1.29 is 0 Å².